The van der Waals surface area contributed by atoms with Gasteiger partial charge in [-0.15, -0.1) is 0 Å². The van der Waals surface area contributed by atoms with E-state index in [2.05, 4.69) is 10.6 Å². The second-order valence-electron chi connectivity index (χ2n) is 3.64. The average molecular weight is 250 g/mol. The van der Waals surface area contributed by atoms with Crippen molar-refractivity contribution in [1.82, 2.24) is 10.6 Å². The first kappa shape index (κ1) is 12.9. The lowest BCUT2D eigenvalue weighted by Crippen LogP contribution is -2.51. The molecule has 0 bridgehead atoms. The third kappa shape index (κ3) is 3.39. The van der Waals surface area contributed by atoms with E-state index in [-0.39, 0.29) is 24.4 Å². The lowest BCUT2D eigenvalue weighted by Gasteiger charge is -2.27. The highest BCUT2D eigenvalue weighted by atomic mass is 32.2. The summed E-state index contributed by atoms with van der Waals surface area (Å²) in [6.07, 6.45) is 0. The van der Waals surface area contributed by atoms with Crippen molar-refractivity contribution in [3.8, 4) is 0 Å². The van der Waals surface area contributed by atoms with Gasteiger partial charge in [0.15, 0.2) is 0 Å². The number of thiocarbonyl (C=S) groups is 1. The molecule has 1 atom stereocenters. The molecule has 0 aromatic carbocycles. The Balaban J connectivity index is 2.43. The molecule has 7 heteroatoms. The molecule has 0 aromatic rings. The molecule has 86 valence electrons. The number of thioether (sulfide) groups is 1. The molecular weight excluding hydrogens is 236 g/mol. The zero-order valence-electron chi connectivity index (χ0n) is 8.32. The minimum absolute atomic E-state index is 0.129. The molecule has 4 N–H and O–H groups in total. The molecule has 0 aromatic heterocycles. The van der Waals surface area contributed by atoms with Gasteiger partial charge in [0.1, 0.15) is 9.57 Å². The van der Waals surface area contributed by atoms with Gasteiger partial charge < -0.3 is 20.8 Å². The molecular formula is C8H14N2O3S2. The van der Waals surface area contributed by atoms with Crippen molar-refractivity contribution in [2.45, 2.75) is 17.7 Å². The van der Waals surface area contributed by atoms with Crippen LogP contribution in [0, 0.1) is 0 Å². The maximum atomic E-state index is 11.3. The lowest BCUT2D eigenvalue weighted by atomic mass is 10.1. The molecule has 1 saturated heterocycles. The number of amides is 1. The number of rotatable bonds is 5. The van der Waals surface area contributed by atoms with E-state index in [9.17, 15) is 4.79 Å². The Morgan fingerprint density at radius 1 is 1.60 bits per heavy atom. The predicted molar refractivity (Wildman–Crippen MR) is 62.7 cm³/mol. The molecule has 0 spiro atoms. The fraction of sp³-hybridized carbons (Fsp3) is 0.750. The van der Waals surface area contributed by atoms with Crippen LogP contribution in [0.1, 0.15) is 6.92 Å². The Bertz CT molecular complexity index is 269. The van der Waals surface area contributed by atoms with Gasteiger partial charge in [0, 0.05) is 6.54 Å². The van der Waals surface area contributed by atoms with Gasteiger partial charge in [-0.25, -0.2) is 0 Å². The van der Waals surface area contributed by atoms with Gasteiger partial charge in [0.25, 0.3) is 0 Å². The van der Waals surface area contributed by atoms with Crippen LogP contribution in [0.15, 0.2) is 0 Å². The van der Waals surface area contributed by atoms with Gasteiger partial charge in [-0.3, -0.25) is 4.79 Å². The van der Waals surface area contributed by atoms with Crippen molar-refractivity contribution >= 4 is 34.2 Å². The van der Waals surface area contributed by atoms with E-state index in [1.807, 2.05) is 0 Å². The summed E-state index contributed by atoms with van der Waals surface area (Å²) in [4.78, 5) is 11.3. The first-order valence-corrected chi connectivity index (χ1v) is 5.78. The average Bonchev–Trinajstić information content (AvgIpc) is 2.54. The number of aliphatic hydroxyl groups excluding tert-OH is 2. The Hall–Kier alpha value is -0.210. The molecule has 15 heavy (non-hydrogen) atoms. The topological polar surface area (TPSA) is 81.6 Å². The van der Waals surface area contributed by atoms with Crippen LogP contribution in [-0.4, -0.2) is 51.0 Å². The Kier molecular flexibility index (Phi) is 4.47. The van der Waals surface area contributed by atoms with Gasteiger partial charge in [0.2, 0.25) is 5.91 Å². The van der Waals surface area contributed by atoms with Gasteiger partial charge in [-0.05, 0) is 6.92 Å². The normalized spacial score (nSPS) is 21.9. The van der Waals surface area contributed by atoms with Crippen molar-refractivity contribution in [1.29, 1.82) is 0 Å². The van der Waals surface area contributed by atoms with E-state index < -0.39 is 5.54 Å². The molecule has 0 radical (unpaired) electrons. The van der Waals surface area contributed by atoms with E-state index in [0.29, 0.717) is 10.9 Å². The Morgan fingerprint density at radius 3 is 2.60 bits per heavy atom. The predicted octanol–water partition coefficient (Wildman–Crippen LogP) is -1.16. The van der Waals surface area contributed by atoms with Crippen LogP contribution in [-0.2, 0) is 4.79 Å². The van der Waals surface area contributed by atoms with Crippen LogP contribution in [0.25, 0.3) is 0 Å². The minimum atomic E-state index is -0.759. The van der Waals surface area contributed by atoms with E-state index in [1.165, 1.54) is 11.8 Å². The molecule has 5 nitrogen and oxygen atoms in total. The Labute approximate surface area is 97.6 Å². The van der Waals surface area contributed by atoms with E-state index >= 15 is 0 Å². The number of aliphatic hydroxyl groups is 2. The number of nitrogens with one attached hydrogen (secondary N) is 2. The highest BCUT2D eigenvalue weighted by Crippen LogP contribution is 2.19. The van der Waals surface area contributed by atoms with Gasteiger partial charge in [-0.2, -0.15) is 0 Å². The van der Waals surface area contributed by atoms with Crippen molar-refractivity contribution in [3.05, 3.63) is 0 Å². The van der Waals surface area contributed by atoms with E-state index in [1.54, 1.807) is 6.92 Å². The van der Waals surface area contributed by atoms with E-state index in [4.69, 9.17) is 22.4 Å². The molecule has 1 amide bonds. The van der Waals surface area contributed by atoms with Crippen molar-refractivity contribution in [3.63, 3.8) is 0 Å². The maximum Gasteiger partial charge on any atom is 0.240 e. The van der Waals surface area contributed by atoms with Crippen LogP contribution in [0.4, 0.5) is 0 Å². The number of hydrogen-bond donors (Lipinski definition) is 4. The summed E-state index contributed by atoms with van der Waals surface area (Å²) in [6.45, 7) is 1.68. The molecule has 0 saturated carbocycles. The third-order valence-electron chi connectivity index (χ3n) is 2.18. The molecule has 1 rings (SSSR count). The SMILES string of the molecule is CC(CO)(CO)NCC1SC(=S)NC1=O. The molecule has 1 aliphatic rings. The highest BCUT2D eigenvalue weighted by molar-refractivity contribution is 8.24. The second kappa shape index (κ2) is 5.22. The molecule has 1 unspecified atom stereocenters. The molecule has 1 aliphatic heterocycles. The number of carbonyl (C=O) groups is 1. The molecule has 0 aliphatic carbocycles. The van der Waals surface area contributed by atoms with Crippen molar-refractivity contribution in [2.24, 2.45) is 0 Å². The van der Waals surface area contributed by atoms with Gasteiger partial charge in [0.05, 0.1) is 18.8 Å². The van der Waals surface area contributed by atoms with Crippen LogP contribution in [0.3, 0.4) is 0 Å². The standard InChI is InChI=1S/C8H14N2O3S2/c1-8(3-11,4-12)9-2-5-6(13)10-7(14)15-5/h5,9,11-12H,2-4H2,1H3,(H,10,13,14). The van der Waals surface area contributed by atoms with Crippen LogP contribution in [0.2, 0.25) is 0 Å². The van der Waals surface area contributed by atoms with Crippen LogP contribution >= 0.6 is 24.0 Å². The fourth-order valence-electron chi connectivity index (χ4n) is 1.03. The van der Waals surface area contributed by atoms with Gasteiger partial charge >= 0.3 is 0 Å². The zero-order valence-corrected chi connectivity index (χ0v) is 9.95. The second-order valence-corrected chi connectivity index (χ2v) is 5.52. The van der Waals surface area contributed by atoms with Gasteiger partial charge in [-0.1, -0.05) is 24.0 Å². The number of carbonyl (C=O) groups excluding carboxylic acids is 1. The minimum Gasteiger partial charge on any atom is -0.394 e. The van der Waals surface area contributed by atoms with E-state index in [0.717, 1.165) is 0 Å². The zero-order chi connectivity index (χ0) is 11.5. The first-order valence-electron chi connectivity index (χ1n) is 4.49. The van der Waals surface area contributed by atoms with Crippen LogP contribution < -0.4 is 10.6 Å². The quantitative estimate of drug-likeness (QED) is 0.461. The fourth-order valence-corrected chi connectivity index (χ4v) is 2.23. The summed E-state index contributed by atoms with van der Waals surface area (Å²) >= 11 is 6.12. The maximum absolute atomic E-state index is 11.3. The summed E-state index contributed by atoms with van der Waals surface area (Å²) in [5, 5.41) is 23.2. The van der Waals surface area contributed by atoms with Crippen LogP contribution in [0.5, 0.6) is 0 Å². The molecule has 1 heterocycles. The molecule has 1 fully saturated rings. The smallest absolute Gasteiger partial charge is 0.240 e. The monoisotopic (exact) mass is 250 g/mol. The Morgan fingerprint density at radius 2 is 2.20 bits per heavy atom. The summed E-state index contributed by atoms with van der Waals surface area (Å²) in [6, 6.07) is 0. The summed E-state index contributed by atoms with van der Waals surface area (Å²) in [5.74, 6) is -0.129. The largest absolute Gasteiger partial charge is 0.394 e. The number of hydrogen-bond acceptors (Lipinski definition) is 6. The lowest BCUT2D eigenvalue weighted by molar-refractivity contribution is -0.118. The third-order valence-corrected chi connectivity index (χ3v) is 3.55. The highest BCUT2D eigenvalue weighted by Gasteiger charge is 2.31. The summed E-state index contributed by atoms with van der Waals surface area (Å²) in [5.41, 5.74) is -0.759. The van der Waals surface area contributed by atoms with Crippen molar-refractivity contribution in [2.75, 3.05) is 19.8 Å². The summed E-state index contributed by atoms with van der Waals surface area (Å²) in [7, 11) is 0. The summed E-state index contributed by atoms with van der Waals surface area (Å²) < 4.78 is 0.474. The first-order chi connectivity index (χ1) is 7.00. The van der Waals surface area contributed by atoms with Crippen molar-refractivity contribution < 1.29 is 15.0 Å².